The second-order valence-corrected chi connectivity index (χ2v) is 6.18. The van der Waals surface area contributed by atoms with Crippen molar-refractivity contribution < 1.29 is 13.2 Å². The molecule has 0 radical (unpaired) electrons. The van der Waals surface area contributed by atoms with Crippen LogP contribution < -0.4 is 0 Å². The lowest BCUT2D eigenvalue weighted by molar-refractivity contribution is -0.228. The minimum absolute atomic E-state index is 0.244. The second kappa shape index (κ2) is 4.84. The van der Waals surface area contributed by atoms with Gasteiger partial charge in [0.15, 0.2) is 0 Å². The highest BCUT2D eigenvalue weighted by Gasteiger charge is 2.52. The average molecular weight is 270 g/mol. The van der Waals surface area contributed by atoms with E-state index < -0.39 is 11.6 Å². The first-order valence-corrected chi connectivity index (χ1v) is 6.87. The molecule has 0 unspecified atom stereocenters. The predicted molar refractivity (Wildman–Crippen MR) is 71.3 cm³/mol. The van der Waals surface area contributed by atoms with Crippen molar-refractivity contribution >= 4 is 0 Å². The average Bonchev–Trinajstić information content (AvgIpc) is 2.32. The van der Waals surface area contributed by atoms with Gasteiger partial charge in [-0.3, -0.25) is 0 Å². The van der Waals surface area contributed by atoms with Crippen LogP contribution in [0.3, 0.4) is 0 Å². The van der Waals surface area contributed by atoms with E-state index >= 15 is 0 Å². The SMILES string of the molecule is Cc1ccc(C2CCC(C)(C(F)(F)F)CC2)cc1C. The van der Waals surface area contributed by atoms with E-state index in [0.717, 1.165) is 0 Å². The number of halogens is 3. The molecule has 0 N–H and O–H groups in total. The molecule has 0 spiro atoms. The summed E-state index contributed by atoms with van der Waals surface area (Å²) in [5.41, 5.74) is 2.18. The number of benzene rings is 1. The minimum Gasteiger partial charge on any atom is -0.171 e. The number of alkyl halides is 3. The number of hydrogen-bond donors (Lipinski definition) is 0. The van der Waals surface area contributed by atoms with Crippen LogP contribution in [0.1, 0.15) is 55.2 Å². The van der Waals surface area contributed by atoms with E-state index in [1.54, 1.807) is 0 Å². The van der Waals surface area contributed by atoms with E-state index in [1.807, 2.05) is 0 Å². The van der Waals surface area contributed by atoms with Gasteiger partial charge in [-0.25, -0.2) is 0 Å². The van der Waals surface area contributed by atoms with Gasteiger partial charge in [0, 0.05) is 0 Å². The van der Waals surface area contributed by atoms with Gasteiger partial charge in [0.1, 0.15) is 0 Å². The molecule has 0 aliphatic heterocycles. The molecule has 1 aromatic rings. The van der Waals surface area contributed by atoms with Crippen molar-refractivity contribution in [3.8, 4) is 0 Å². The Hall–Kier alpha value is -0.990. The standard InChI is InChI=1S/C16H21F3/c1-11-4-5-14(10-12(11)2)13-6-8-15(3,9-7-13)16(17,18)19/h4-5,10,13H,6-9H2,1-3H3. The fourth-order valence-electron chi connectivity index (χ4n) is 2.89. The van der Waals surface area contributed by atoms with Gasteiger partial charge < -0.3 is 0 Å². The molecule has 2 rings (SSSR count). The Morgan fingerprint density at radius 2 is 1.63 bits per heavy atom. The van der Waals surface area contributed by atoms with Gasteiger partial charge in [-0.1, -0.05) is 25.1 Å². The highest BCUT2D eigenvalue weighted by atomic mass is 19.4. The molecule has 1 aromatic carbocycles. The second-order valence-electron chi connectivity index (χ2n) is 6.18. The van der Waals surface area contributed by atoms with Gasteiger partial charge in [0.25, 0.3) is 0 Å². The molecule has 1 aliphatic carbocycles. The van der Waals surface area contributed by atoms with Crippen molar-refractivity contribution in [2.45, 2.75) is 58.5 Å². The van der Waals surface area contributed by atoms with Crippen LogP contribution in [0.25, 0.3) is 0 Å². The number of aryl methyl sites for hydroxylation is 2. The van der Waals surface area contributed by atoms with Crippen molar-refractivity contribution in [3.05, 3.63) is 34.9 Å². The minimum atomic E-state index is -4.07. The molecular formula is C16H21F3. The molecule has 1 aliphatic rings. The monoisotopic (exact) mass is 270 g/mol. The van der Waals surface area contributed by atoms with E-state index in [2.05, 4.69) is 32.0 Å². The first kappa shape index (κ1) is 14.4. The molecular weight excluding hydrogens is 249 g/mol. The Morgan fingerprint density at radius 3 is 2.11 bits per heavy atom. The van der Waals surface area contributed by atoms with Gasteiger partial charge in [0.05, 0.1) is 5.41 Å². The van der Waals surface area contributed by atoms with E-state index in [1.165, 1.54) is 23.6 Å². The maximum atomic E-state index is 13.0. The summed E-state index contributed by atoms with van der Waals surface area (Å²) in [7, 11) is 0. The summed E-state index contributed by atoms with van der Waals surface area (Å²) < 4.78 is 38.9. The Balaban J connectivity index is 2.10. The summed E-state index contributed by atoms with van der Waals surface area (Å²) >= 11 is 0. The van der Waals surface area contributed by atoms with Crippen LogP contribution in [-0.4, -0.2) is 6.18 Å². The highest BCUT2D eigenvalue weighted by Crippen LogP contribution is 2.51. The number of rotatable bonds is 1. The van der Waals surface area contributed by atoms with Crippen molar-refractivity contribution in [2.24, 2.45) is 5.41 Å². The third-order valence-electron chi connectivity index (χ3n) is 4.78. The third-order valence-corrected chi connectivity index (χ3v) is 4.78. The highest BCUT2D eigenvalue weighted by molar-refractivity contribution is 5.32. The molecule has 0 saturated heterocycles. The Bertz CT molecular complexity index is 452. The van der Waals surface area contributed by atoms with E-state index in [0.29, 0.717) is 12.8 Å². The summed E-state index contributed by atoms with van der Waals surface area (Å²) in [6.07, 6.45) is -2.31. The summed E-state index contributed by atoms with van der Waals surface area (Å²) in [4.78, 5) is 0. The van der Waals surface area contributed by atoms with Crippen LogP contribution >= 0.6 is 0 Å². The van der Waals surface area contributed by atoms with Crippen LogP contribution in [-0.2, 0) is 0 Å². The quantitative estimate of drug-likeness (QED) is 0.629. The smallest absolute Gasteiger partial charge is 0.171 e. The Kier molecular flexibility index (Phi) is 3.67. The Morgan fingerprint density at radius 1 is 1.05 bits per heavy atom. The summed E-state index contributed by atoms with van der Waals surface area (Å²) in [6.45, 7) is 5.48. The molecule has 19 heavy (non-hydrogen) atoms. The van der Waals surface area contributed by atoms with Crippen LogP contribution in [0.2, 0.25) is 0 Å². The Labute approximate surface area is 113 Å². The van der Waals surface area contributed by atoms with Gasteiger partial charge in [-0.2, -0.15) is 13.2 Å². The zero-order chi connectivity index (χ0) is 14.3. The first-order valence-electron chi connectivity index (χ1n) is 6.87. The zero-order valence-corrected chi connectivity index (χ0v) is 11.8. The van der Waals surface area contributed by atoms with Crippen LogP contribution in [0.5, 0.6) is 0 Å². The van der Waals surface area contributed by atoms with Crippen molar-refractivity contribution in [1.29, 1.82) is 0 Å². The van der Waals surface area contributed by atoms with Gasteiger partial charge in [-0.15, -0.1) is 0 Å². The van der Waals surface area contributed by atoms with Crippen molar-refractivity contribution in [2.75, 3.05) is 0 Å². The molecule has 3 heteroatoms. The summed E-state index contributed by atoms with van der Waals surface area (Å²) in [5, 5.41) is 0. The van der Waals surface area contributed by atoms with Crippen LogP contribution in [0.4, 0.5) is 13.2 Å². The fourth-order valence-corrected chi connectivity index (χ4v) is 2.89. The molecule has 0 amide bonds. The molecule has 1 fully saturated rings. The molecule has 0 heterocycles. The van der Waals surface area contributed by atoms with E-state index in [4.69, 9.17) is 0 Å². The normalized spacial score (nSPS) is 28.4. The molecule has 0 bridgehead atoms. The van der Waals surface area contributed by atoms with Gasteiger partial charge >= 0.3 is 6.18 Å². The first-order chi connectivity index (χ1) is 8.73. The lowest BCUT2D eigenvalue weighted by Crippen LogP contribution is -2.38. The lowest BCUT2D eigenvalue weighted by Gasteiger charge is -2.38. The van der Waals surface area contributed by atoms with Gasteiger partial charge in [0.2, 0.25) is 0 Å². The van der Waals surface area contributed by atoms with Crippen LogP contribution in [0.15, 0.2) is 18.2 Å². The maximum Gasteiger partial charge on any atom is 0.394 e. The predicted octanol–water partition coefficient (Wildman–Crippen LogP) is 5.53. The topological polar surface area (TPSA) is 0 Å². The fraction of sp³-hybridized carbons (Fsp3) is 0.625. The third kappa shape index (κ3) is 2.80. The van der Waals surface area contributed by atoms with Gasteiger partial charge in [-0.05, 0) is 62.1 Å². The zero-order valence-electron chi connectivity index (χ0n) is 11.8. The largest absolute Gasteiger partial charge is 0.394 e. The van der Waals surface area contributed by atoms with E-state index in [-0.39, 0.29) is 18.8 Å². The summed E-state index contributed by atoms with van der Waals surface area (Å²) in [5.74, 6) is 0.287. The molecule has 0 nitrogen and oxygen atoms in total. The molecule has 0 aromatic heterocycles. The van der Waals surface area contributed by atoms with Crippen LogP contribution in [0, 0.1) is 19.3 Å². The maximum absolute atomic E-state index is 13.0. The molecule has 106 valence electrons. The molecule has 0 atom stereocenters. The lowest BCUT2D eigenvalue weighted by atomic mass is 9.69. The van der Waals surface area contributed by atoms with Crippen molar-refractivity contribution in [1.82, 2.24) is 0 Å². The summed E-state index contributed by atoms with van der Waals surface area (Å²) in [6, 6.07) is 6.28. The van der Waals surface area contributed by atoms with E-state index in [9.17, 15) is 13.2 Å². The van der Waals surface area contributed by atoms with Crippen molar-refractivity contribution in [3.63, 3.8) is 0 Å². The number of hydrogen-bond acceptors (Lipinski definition) is 0. The molecule has 1 saturated carbocycles.